The highest BCUT2D eigenvalue weighted by Crippen LogP contribution is 2.38. The zero-order chi connectivity index (χ0) is 12.8. The van der Waals surface area contributed by atoms with Crippen LogP contribution in [0.4, 0.5) is 0 Å². The van der Waals surface area contributed by atoms with Crippen molar-refractivity contribution < 1.29 is 5.11 Å². The lowest BCUT2D eigenvalue weighted by molar-refractivity contribution is 0.146. The summed E-state index contributed by atoms with van der Waals surface area (Å²) in [7, 11) is 0. The molecule has 1 N–H and O–H groups in total. The van der Waals surface area contributed by atoms with Crippen LogP contribution in [0, 0.1) is 5.92 Å². The standard InChI is InChI=1S/C14H22N2OS/c1-18-14(13-4-2-3-7-15-13)12-5-8-16(9-6-12)10-11-17/h2-4,7,12,14,17H,5-6,8-11H2,1H3. The second-order valence-corrected chi connectivity index (χ2v) is 5.79. The third kappa shape index (κ3) is 3.46. The molecule has 100 valence electrons. The van der Waals surface area contributed by atoms with Gasteiger partial charge in [0.1, 0.15) is 0 Å². The smallest absolute Gasteiger partial charge is 0.0558 e. The number of aliphatic hydroxyl groups is 1. The maximum atomic E-state index is 8.96. The SMILES string of the molecule is CSC(c1ccccn1)C1CCN(CCO)CC1. The molecule has 0 amide bonds. The first-order valence-corrected chi connectivity index (χ1v) is 7.91. The van der Waals surface area contributed by atoms with Crippen molar-refractivity contribution in [1.29, 1.82) is 0 Å². The summed E-state index contributed by atoms with van der Waals surface area (Å²) in [5.74, 6) is 0.713. The Bertz CT molecular complexity index is 339. The lowest BCUT2D eigenvalue weighted by atomic mass is 9.91. The van der Waals surface area contributed by atoms with Gasteiger partial charge in [-0.1, -0.05) is 6.07 Å². The quantitative estimate of drug-likeness (QED) is 0.886. The first-order valence-electron chi connectivity index (χ1n) is 6.62. The van der Waals surface area contributed by atoms with Crippen LogP contribution in [0.25, 0.3) is 0 Å². The van der Waals surface area contributed by atoms with Gasteiger partial charge in [0.05, 0.1) is 12.3 Å². The van der Waals surface area contributed by atoms with Crippen molar-refractivity contribution >= 4 is 11.8 Å². The van der Waals surface area contributed by atoms with Crippen LogP contribution >= 0.6 is 11.8 Å². The van der Waals surface area contributed by atoms with E-state index in [0.29, 0.717) is 11.2 Å². The van der Waals surface area contributed by atoms with Crippen LogP contribution in [0.5, 0.6) is 0 Å². The molecule has 3 nitrogen and oxygen atoms in total. The van der Waals surface area contributed by atoms with Gasteiger partial charge in [-0.2, -0.15) is 11.8 Å². The van der Waals surface area contributed by atoms with Crippen molar-refractivity contribution in [2.24, 2.45) is 5.92 Å². The molecule has 1 aromatic heterocycles. The average Bonchev–Trinajstić information content (AvgIpc) is 2.43. The van der Waals surface area contributed by atoms with Gasteiger partial charge in [0, 0.05) is 18.0 Å². The van der Waals surface area contributed by atoms with E-state index in [1.54, 1.807) is 0 Å². The largest absolute Gasteiger partial charge is 0.395 e. The summed E-state index contributed by atoms with van der Waals surface area (Å²) in [6.45, 7) is 3.31. The Morgan fingerprint density at radius 2 is 2.22 bits per heavy atom. The molecule has 0 radical (unpaired) electrons. The first-order chi connectivity index (χ1) is 8.85. The molecule has 1 atom stereocenters. The number of rotatable bonds is 5. The fourth-order valence-electron chi connectivity index (χ4n) is 2.72. The predicted octanol–water partition coefficient (Wildman–Crippen LogP) is 2.19. The van der Waals surface area contributed by atoms with Gasteiger partial charge in [0.25, 0.3) is 0 Å². The molecule has 1 aromatic rings. The fraction of sp³-hybridized carbons (Fsp3) is 0.643. The number of likely N-dealkylation sites (tertiary alicyclic amines) is 1. The van der Waals surface area contributed by atoms with Gasteiger partial charge in [-0.15, -0.1) is 0 Å². The van der Waals surface area contributed by atoms with Crippen molar-refractivity contribution in [3.8, 4) is 0 Å². The van der Waals surface area contributed by atoms with Crippen LogP contribution in [-0.4, -0.2) is 47.5 Å². The van der Waals surface area contributed by atoms with Crippen LogP contribution in [-0.2, 0) is 0 Å². The van der Waals surface area contributed by atoms with Gasteiger partial charge in [0.15, 0.2) is 0 Å². The molecule has 0 saturated carbocycles. The Labute approximate surface area is 114 Å². The van der Waals surface area contributed by atoms with Gasteiger partial charge < -0.3 is 10.0 Å². The normalized spacial score (nSPS) is 19.9. The van der Waals surface area contributed by atoms with E-state index in [1.165, 1.54) is 18.5 Å². The summed E-state index contributed by atoms with van der Waals surface area (Å²) in [5.41, 5.74) is 1.21. The summed E-state index contributed by atoms with van der Waals surface area (Å²) in [4.78, 5) is 6.86. The summed E-state index contributed by atoms with van der Waals surface area (Å²) < 4.78 is 0. The Hall–Kier alpha value is -0.580. The second kappa shape index (κ2) is 7.12. The molecule has 1 aliphatic rings. The number of hydrogen-bond acceptors (Lipinski definition) is 4. The van der Waals surface area contributed by atoms with E-state index < -0.39 is 0 Å². The molecule has 1 unspecified atom stereocenters. The highest BCUT2D eigenvalue weighted by molar-refractivity contribution is 7.98. The van der Waals surface area contributed by atoms with Gasteiger partial charge in [-0.25, -0.2) is 0 Å². The first kappa shape index (κ1) is 13.8. The molecule has 2 rings (SSSR count). The second-order valence-electron chi connectivity index (χ2n) is 4.81. The number of pyridine rings is 1. The maximum absolute atomic E-state index is 8.96. The van der Waals surface area contributed by atoms with Gasteiger partial charge in [0.2, 0.25) is 0 Å². The third-order valence-corrected chi connectivity index (χ3v) is 4.84. The Balaban J connectivity index is 1.95. The van der Waals surface area contributed by atoms with E-state index in [2.05, 4.69) is 28.3 Å². The molecule has 2 heterocycles. The molecule has 0 bridgehead atoms. The van der Waals surface area contributed by atoms with Crippen molar-refractivity contribution in [3.63, 3.8) is 0 Å². The van der Waals surface area contributed by atoms with Gasteiger partial charge in [-0.05, 0) is 50.2 Å². The number of hydrogen-bond donors (Lipinski definition) is 1. The minimum atomic E-state index is 0.275. The average molecular weight is 266 g/mol. The Morgan fingerprint density at radius 3 is 2.78 bits per heavy atom. The molecule has 18 heavy (non-hydrogen) atoms. The van der Waals surface area contributed by atoms with E-state index in [-0.39, 0.29) is 6.61 Å². The fourth-order valence-corrected chi connectivity index (χ4v) is 3.76. The van der Waals surface area contributed by atoms with E-state index in [4.69, 9.17) is 5.11 Å². The lowest BCUT2D eigenvalue weighted by Gasteiger charge is -2.35. The molecule has 0 aromatic carbocycles. The van der Waals surface area contributed by atoms with E-state index in [9.17, 15) is 0 Å². The highest BCUT2D eigenvalue weighted by Gasteiger charge is 2.27. The zero-order valence-electron chi connectivity index (χ0n) is 11.0. The van der Waals surface area contributed by atoms with E-state index in [0.717, 1.165) is 19.6 Å². The van der Waals surface area contributed by atoms with Crippen molar-refractivity contribution in [2.45, 2.75) is 18.1 Å². The molecular formula is C14H22N2OS. The molecule has 0 aliphatic carbocycles. The van der Waals surface area contributed by atoms with Crippen LogP contribution in [0.3, 0.4) is 0 Å². The number of piperidine rings is 1. The molecule has 1 aliphatic heterocycles. The summed E-state index contributed by atoms with van der Waals surface area (Å²) >= 11 is 1.91. The summed E-state index contributed by atoms with van der Waals surface area (Å²) in [5, 5.41) is 9.48. The number of aliphatic hydroxyl groups excluding tert-OH is 1. The monoisotopic (exact) mass is 266 g/mol. The minimum absolute atomic E-state index is 0.275. The van der Waals surface area contributed by atoms with Crippen LogP contribution in [0.1, 0.15) is 23.8 Å². The topological polar surface area (TPSA) is 36.4 Å². The van der Waals surface area contributed by atoms with Crippen molar-refractivity contribution in [3.05, 3.63) is 30.1 Å². The number of thioether (sulfide) groups is 1. The number of nitrogens with zero attached hydrogens (tertiary/aromatic N) is 2. The molecular weight excluding hydrogens is 244 g/mol. The Kier molecular flexibility index (Phi) is 5.47. The number of β-amino-alcohol motifs (C(OH)–C–C–N with tert-alkyl or cyclic N) is 1. The molecule has 1 saturated heterocycles. The van der Waals surface area contributed by atoms with Gasteiger partial charge in [-0.3, -0.25) is 4.98 Å². The van der Waals surface area contributed by atoms with Crippen molar-refractivity contribution in [1.82, 2.24) is 9.88 Å². The zero-order valence-corrected chi connectivity index (χ0v) is 11.8. The van der Waals surface area contributed by atoms with Crippen LogP contribution < -0.4 is 0 Å². The highest BCUT2D eigenvalue weighted by atomic mass is 32.2. The molecule has 0 spiro atoms. The van der Waals surface area contributed by atoms with Crippen LogP contribution in [0.15, 0.2) is 24.4 Å². The maximum Gasteiger partial charge on any atom is 0.0558 e. The Morgan fingerprint density at radius 1 is 1.44 bits per heavy atom. The van der Waals surface area contributed by atoms with Crippen LogP contribution in [0.2, 0.25) is 0 Å². The molecule has 1 fully saturated rings. The van der Waals surface area contributed by atoms with Gasteiger partial charge >= 0.3 is 0 Å². The van der Waals surface area contributed by atoms with E-state index in [1.807, 2.05) is 24.0 Å². The van der Waals surface area contributed by atoms with E-state index >= 15 is 0 Å². The summed E-state index contributed by atoms with van der Waals surface area (Å²) in [6.07, 6.45) is 6.49. The number of aromatic nitrogens is 1. The summed E-state index contributed by atoms with van der Waals surface area (Å²) in [6, 6.07) is 6.19. The minimum Gasteiger partial charge on any atom is -0.395 e. The predicted molar refractivity (Wildman–Crippen MR) is 76.7 cm³/mol. The third-order valence-electron chi connectivity index (χ3n) is 3.71. The lowest BCUT2D eigenvalue weighted by Crippen LogP contribution is -2.36. The van der Waals surface area contributed by atoms with Crippen molar-refractivity contribution in [2.75, 3.05) is 32.5 Å². The molecule has 4 heteroatoms.